The highest BCUT2D eigenvalue weighted by atomic mass is 16.3. The Morgan fingerprint density at radius 3 is 1.54 bits per heavy atom. The van der Waals surface area contributed by atoms with Crippen molar-refractivity contribution in [1.82, 2.24) is 0 Å². The van der Waals surface area contributed by atoms with Crippen molar-refractivity contribution in [3.63, 3.8) is 0 Å². The minimum absolute atomic E-state index is 0.709. The van der Waals surface area contributed by atoms with Gasteiger partial charge in [-0.3, -0.25) is 0 Å². The highest BCUT2D eigenvalue weighted by molar-refractivity contribution is 5.79. The molecule has 0 aliphatic heterocycles. The summed E-state index contributed by atoms with van der Waals surface area (Å²) in [6.45, 7) is 2.05. The van der Waals surface area contributed by atoms with Gasteiger partial charge >= 0.3 is 0 Å². The fraction of sp³-hybridized carbons (Fsp3) is 0.176. The summed E-state index contributed by atoms with van der Waals surface area (Å²) >= 11 is 0. The van der Waals surface area contributed by atoms with Crippen LogP contribution in [0.5, 0.6) is 0 Å². The Bertz CT molecular complexity index is 1430. The summed E-state index contributed by atoms with van der Waals surface area (Å²) in [7, 11) is 0. The first-order valence-corrected chi connectivity index (χ1v) is 12.7. The Labute approximate surface area is 218 Å². The summed E-state index contributed by atoms with van der Waals surface area (Å²) in [5, 5.41) is 14.5. The zero-order valence-corrected chi connectivity index (χ0v) is 20.9. The third-order valence-electron chi connectivity index (χ3n) is 7.59. The maximum Gasteiger partial charge on any atom is 0.213 e. The molecule has 3 nitrogen and oxygen atoms in total. The highest BCUT2D eigenvalue weighted by Crippen LogP contribution is 2.41. The third kappa shape index (κ3) is 4.10. The van der Waals surface area contributed by atoms with Crippen LogP contribution in [0.2, 0.25) is 0 Å². The quantitative estimate of drug-likeness (QED) is 0.241. The van der Waals surface area contributed by atoms with Crippen molar-refractivity contribution in [2.45, 2.75) is 37.3 Å². The molecule has 37 heavy (non-hydrogen) atoms. The van der Waals surface area contributed by atoms with Crippen LogP contribution in [0.3, 0.4) is 0 Å². The molecular weight excluding hydrogens is 454 g/mol. The lowest BCUT2D eigenvalue weighted by Gasteiger charge is -2.29. The molecule has 0 unspecified atom stereocenters. The van der Waals surface area contributed by atoms with Gasteiger partial charge in [0, 0.05) is 11.1 Å². The minimum atomic E-state index is -1.25. The molecule has 0 aromatic heterocycles. The van der Waals surface area contributed by atoms with Gasteiger partial charge in [-0.15, -0.1) is 11.3 Å². The van der Waals surface area contributed by atoms with Crippen LogP contribution in [0.4, 0.5) is 0 Å². The Morgan fingerprint density at radius 2 is 1.14 bits per heavy atom. The molecule has 3 heteroatoms. The first-order chi connectivity index (χ1) is 18.1. The minimum Gasteiger partial charge on any atom is -0.380 e. The number of aliphatic hydroxyl groups is 1. The number of fused-ring (bicyclic) bond motifs is 4. The maximum atomic E-state index is 11.6. The zero-order chi connectivity index (χ0) is 25.9. The number of hydrogen-bond acceptors (Lipinski definition) is 3. The molecule has 0 fully saturated rings. The largest absolute Gasteiger partial charge is 0.380 e. The lowest BCUT2D eigenvalue weighted by molar-refractivity contribution is 0.0759. The predicted octanol–water partition coefficient (Wildman–Crippen LogP) is 7.24. The van der Waals surface area contributed by atoms with Gasteiger partial charge in [0.1, 0.15) is 5.60 Å². The molecular formula is C34H29NO2. The molecule has 1 N–H and O–H groups in total. The van der Waals surface area contributed by atoms with E-state index in [1.807, 2.05) is 72.8 Å². The van der Waals surface area contributed by atoms with Crippen molar-refractivity contribution in [3.8, 4) is 12.3 Å². The van der Waals surface area contributed by atoms with Gasteiger partial charge in [0.2, 0.25) is 5.54 Å². The Hall–Kier alpha value is -4.26. The van der Waals surface area contributed by atoms with Crippen molar-refractivity contribution >= 4 is 12.2 Å². The second kappa shape index (κ2) is 10.0. The monoisotopic (exact) mass is 483 g/mol. The first kappa shape index (κ1) is 24.4. The number of hydrogen-bond donors (Lipinski definition) is 1. The number of nitroso groups, excluding NO2 is 1. The van der Waals surface area contributed by atoms with E-state index in [0.29, 0.717) is 6.42 Å². The standard InChI is InChI=1S/C17H11NO.C17H18O/c1-2-17(18-19)15-9-5-3-7-13(15)11-12-14-8-4-6-10-16(14)17;1-2-17(18)15-9-5-3-7-13(15)11-12-14-8-4-6-10-16(14)17/h1,3-12H;3-10,18H,2,11-12H2,1H3. The SMILES string of the molecule is C#CC1(N=O)c2ccccc2C=Cc2ccccc21.CCC1(O)c2ccccc2CCc2ccccc21. The van der Waals surface area contributed by atoms with Crippen molar-refractivity contribution in [2.75, 3.05) is 0 Å². The molecule has 182 valence electrons. The number of rotatable bonds is 2. The zero-order valence-electron chi connectivity index (χ0n) is 20.9. The van der Waals surface area contributed by atoms with Crippen molar-refractivity contribution in [3.05, 3.63) is 146 Å². The van der Waals surface area contributed by atoms with E-state index in [2.05, 4.69) is 54.4 Å². The predicted molar refractivity (Wildman–Crippen MR) is 151 cm³/mol. The molecule has 2 aliphatic rings. The second-order valence-electron chi connectivity index (χ2n) is 9.48. The molecule has 6 rings (SSSR count). The Morgan fingerprint density at radius 1 is 0.730 bits per heavy atom. The second-order valence-corrected chi connectivity index (χ2v) is 9.48. The van der Waals surface area contributed by atoms with Gasteiger partial charge in [-0.05, 0) is 57.8 Å². The molecule has 0 atom stereocenters. The number of aryl methyl sites for hydroxylation is 2. The van der Waals surface area contributed by atoms with E-state index in [4.69, 9.17) is 6.42 Å². The van der Waals surface area contributed by atoms with E-state index in [9.17, 15) is 10.0 Å². The number of benzene rings is 4. The summed E-state index contributed by atoms with van der Waals surface area (Å²) < 4.78 is 0. The molecule has 0 spiro atoms. The molecule has 2 aliphatic carbocycles. The molecule has 4 aromatic carbocycles. The number of terminal acetylenes is 1. The van der Waals surface area contributed by atoms with Gasteiger partial charge < -0.3 is 5.11 Å². The van der Waals surface area contributed by atoms with E-state index in [0.717, 1.165) is 46.2 Å². The summed E-state index contributed by atoms with van der Waals surface area (Å²) in [5.41, 5.74) is 6.00. The topological polar surface area (TPSA) is 49.7 Å². The smallest absolute Gasteiger partial charge is 0.213 e. The van der Waals surface area contributed by atoms with Gasteiger partial charge in [-0.1, -0.05) is 122 Å². The molecule has 0 saturated carbocycles. The summed E-state index contributed by atoms with van der Waals surface area (Å²) in [6.07, 6.45) is 12.3. The normalized spacial score (nSPS) is 15.6. The summed E-state index contributed by atoms with van der Waals surface area (Å²) in [5.74, 6) is 2.60. The fourth-order valence-electron chi connectivity index (χ4n) is 5.63. The fourth-order valence-corrected chi connectivity index (χ4v) is 5.63. The first-order valence-electron chi connectivity index (χ1n) is 12.7. The van der Waals surface area contributed by atoms with Crippen LogP contribution in [0, 0.1) is 17.3 Å². The Kier molecular flexibility index (Phi) is 6.61. The van der Waals surface area contributed by atoms with Gasteiger partial charge in [-0.25, -0.2) is 0 Å². The molecule has 0 bridgehead atoms. The maximum absolute atomic E-state index is 11.6. The van der Waals surface area contributed by atoms with Gasteiger partial charge in [-0.2, -0.15) is 0 Å². The van der Waals surface area contributed by atoms with Gasteiger partial charge in [0.15, 0.2) is 0 Å². The van der Waals surface area contributed by atoms with Gasteiger partial charge in [0.05, 0.1) is 0 Å². The summed E-state index contributed by atoms with van der Waals surface area (Å²) in [6, 6.07) is 31.8. The van der Waals surface area contributed by atoms with Crippen LogP contribution >= 0.6 is 0 Å². The van der Waals surface area contributed by atoms with Crippen LogP contribution in [-0.2, 0) is 24.0 Å². The molecule has 0 radical (unpaired) electrons. The molecule has 0 amide bonds. The van der Waals surface area contributed by atoms with Crippen molar-refractivity contribution in [1.29, 1.82) is 0 Å². The van der Waals surface area contributed by atoms with Crippen LogP contribution in [-0.4, -0.2) is 5.11 Å². The molecule has 0 saturated heterocycles. The van der Waals surface area contributed by atoms with E-state index in [1.165, 1.54) is 11.1 Å². The van der Waals surface area contributed by atoms with Crippen LogP contribution in [0.15, 0.2) is 102 Å². The van der Waals surface area contributed by atoms with Gasteiger partial charge in [0.25, 0.3) is 0 Å². The summed E-state index contributed by atoms with van der Waals surface area (Å²) in [4.78, 5) is 11.6. The number of nitrogens with zero attached hydrogens (tertiary/aromatic N) is 1. The van der Waals surface area contributed by atoms with Crippen molar-refractivity contribution < 1.29 is 5.11 Å². The van der Waals surface area contributed by atoms with Crippen LogP contribution < -0.4 is 0 Å². The van der Waals surface area contributed by atoms with E-state index < -0.39 is 11.1 Å². The highest BCUT2D eigenvalue weighted by Gasteiger charge is 2.38. The van der Waals surface area contributed by atoms with E-state index >= 15 is 0 Å². The van der Waals surface area contributed by atoms with Crippen LogP contribution in [0.25, 0.3) is 12.2 Å². The van der Waals surface area contributed by atoms with Crippen LogP contribution in [0.1, 0.15) is 57.9 Å². The van der Waals surface area contributed by atoms with Crippen molar-refractivity contribution in [2.24, 2.45) is 5.18 Å². The Balaban J connectivity index is 0.000000152. The average Bonchev–Trinajstić information content (AvgIpc) is 3.19. The van der Waals surface area contributed by atoms with E-state index in [1.54, 1.807) is 0 Å². The lowest BCUT2D eigenvalue weighted by atomic mass is 9.81. The molecule has 0 heterocycles. The molecule has 4 aromatic rings. The van der Waals surface area contributed by atoms with E-state index in [-0.39, 0.29) is 0 Å². The lowest BCUT2D eigenvalue weighted by Crippen LogP contribution is -2.27. The average molecular weight is 484 g/mol. The third-order valence-corrected chi connectivity index (χ3v) is 7.59.